The number of carbonyl (C=O) groups excluding carboxylic acids is 1. The van der Waals surface area contributed by atoms with Gasteiger partial charge in [-0.25, -0.2) is 0 Å². The number of hydrogen-bond donors (Lipinski definition) is 1. The largest absolute Gasteiger partial charge is 0.321 e. The predicted octanol–water partition coefficient (Wildman–Crippen LogP) is 1.03. The quantitative estimate of drug-likeness (QED) is 0.442. The predicted molar refractivity (Wildman–Crippen MR) is 44.9 cm³/mol. The highest BCUT2D eigenvalue weighted by Crippen LogP contribution is 2.11. The normalized spacial score (nSPS) is 32.1. The van der Waals surface area contributed by atoms with Crippen LogP contribution in [0.4, 0.5) is 4.79 Å². The van der Waals surface area contributed by atoms with Crippen LogP contribution in [0, 0.1) is 0 Å². The standard InChI is InChI=1S/C7H13ClN2O/c1-5-3-9-4-6(2)10(5)7(8)11/h5-6,9H,3-4H2,1-2H3/t5-,6+. The maximum Gasteiger partial charge on any atom is 0.316 e. The Hall–Kier alpha value is -0.280. The summed E-state index contributed by atoms with van der Waals surface area (Å²) in [6.07, 6.45) is 0. The highest BCUT2D eigenvalue weighted by molar-refractivity contribution is 6.62. The van der Waals surface area contributed by atoms with E-state index in [9.17, 15) is 4.79 Å². The van der Waals surface area contributed by atoms with Gasteiger partial charge in [0.25, 0.3) is 0 Å². The molecule has 1 amide bonds. The van der Waals surface area contributed by atoms with E-state index in [1.807, 2.05) is 13.8 Å². The van der Waals surface area contributed by atoms with E-state index in [4.69, 9.17) is 11.6 Å². The molecule has 11 heavy (non-hydrogen) atoms. The Bertz CT molecular complexity index is 153. The van der Waals surface area contributed by atoms with Gasteiger partial charge in [0.05, 0.1) is 0 Å². The van der Waals surface area contributed by atoms with Gasteiger partial charge < -0.3 is 10.2 Å². The molecule has 2 atom stereocenters. The van der Waals surface area contributed by atoms with E-state index >= 15 is 0 Å². The van der Waals surface area contributed by atoms with Gasteiger partial charge in [-0.2, -0.15) is 0 Å². The fraction of sp³-hybridized carbons (Fsp3) is 0.857. The Labute approximate surface area is 71.7 Å². The van der Waals surface area contributed by atoms with Gasteiger partial charge in [0, 0.05) is 25.2 Å². The molecule has 1 N–H and O–H groups in total. The van der Waals surface area contributed by atoms with Crippen LogP contribution in [0.1, 0.15) is 13.8 Å². The second-order valence-corrected chi connectivity index (χ2v) is 3.34. The summed E-state index contributed by atoms with van der Waals surface area (Å²) in [5.41, 5.74) is 0. The Morgan fingerprint density at radius 2 is 1.91 bits per heavy atom. The lowest BCUT2D eigenvalue weighted by molar-refractivity contribution is 0.152. The summed E-state index contributed by atoms with van der Waals surface area (Å²) < 4.78 is 0. The van der Waals surface area contributed by atoms with Gasteiger partial charge in [-0.15, -0.1) is 0 Å². The van der Waals surface area contributed by atoms with Gasteiger partial charge in [0.1, 0.15) is 0 Å². The van der Waals surface area contributed by atoms with E-state index in [1.165, 1.54) is 0 Å². The van der Waals surface area contributed by atoms with Gasteiger partial charge in [-0.3, -0.25) is 4.79 Å². The summed E-state index contributed by atoms with van der Waals surface area (Å²) in [5.74, 6) is 0. The van der Waals surface area contributed by atoms with Crippen LogP contribution in [0.3, 0.4) is 0 Å². The molecule has 1 aliphatic rings. The lowest BCUT2D eigenvalue weighted by atomic mass is 10.1. The van der Waals surface area contributed by atoms with Crippen molar-refractivity contribution < 1.29 is 4.79 Å². The first-order valence-corrected chi connectivity index (χ1v) is 4.19. The molecule has 0 aromatic heterocycles. The molecule has 0 bridgehead atoms. The van der Waals surface area contributed by atoms with Gasteiger partial charge in [-0.05, 0) is 25.4 Å². The Morgan fingerprint density at radius 1 is 1.45 bits per heavy atom. The van der Waals surface area contributed by atoms with Gasteiger partial charge >= 0.3 is 5.37 Å². The molecule has 1 saturated heterocycles. The number of amides is 1. The van der Waals surface area contributed by atoms with E-state index in [2.05, 4.69) is 5.32 Å². The van der Waals surface area contributed by atoms with Crippen LogP contribution >= 0.6 is 11.6 Å². The average molecular weight is 177 g/mol. The molecular formula is C7H13ClN2O. The van der Waals surface area contributed by atoms with Crippen LogP contribution in [-0.2, 0) is 0 Å². The van der Waals surface area contributed by atoms with Crippen LogP contribution in [0.25, 0.3) is 0 Å². The molecule has 0 radical (unpaired) electrons. The number of hydrogen-bond acceptors (Lipinski definition) is 2. The lowest BCUT2D eigenvalue weighted by Crippen LogP contribution is -2.55. The fourth-order valence-electron chi connectivity index (χ4n) is 1.48. The Morgan fingerprint density at radius 3 is 2.18 bits per heavy atom. The SMILES string of the molecule is C[C@@H]1CNC[C@H](C)N1C(=O)Cl. The summed E-state index contributed by atoms with van der Waals surface area (Å²) in [6.45, 7) is 5.65. The maximum atomic E-state index is 10.9. The van der Waals surface area contributed by atoms with Crippen molar-refractivity contribution in [3.8, 4) is 0 Å². The zero-order valence-electron chi connectivity index (χ0n) is 6.80. The fourth-order valence-corrected chi connectivity index (χ4v) is 1.81. The van der Waals surface area contributed by atoms with Crippen molar-refractivity contribution in [1.82, 2.24) is 10.2 Å². The van der Waals surface area contributed by atoms with Crippen molar-refractivity contribution >= 4 is 17.0 Å². The zero-order chi connectivity index (χ0) is 8.43. The van der Waals surface area contributed by atoms with Crippen molar-refractivity contribution in [3.63, 3.8) is 0 Å². The van der Waals surface area contributed by atoms with Crippen LogP contribution in [-0.4, -0.2) is 35.4 Å². The van der Waals surface area contributed by atoms with Crippen molar-refractivity contribution in [3.05, 3.63) is 0 Å². The summed E-state index contributed by atoms with van der Waals surface area (Å²) in [7, 11) is 0. The molecule has 1 fully saturated rings. The molecule has 64 valence electrons. The number of halogens is 1. The van der Waals surface area contributed by atoms with Gasteiger partial charge in [-0.1, -0.05) is 0 Å². The summed E-state index contributed by atoms with van der Waals surface area (Å²) in [5, 5.41) is 2.88. The molecule has 1 aliphatic heterocycles. The van der Waals surface area contributed by atoms with Crippen LogP contribution in [0.5, 0.6) is 0 Å². The monoisotopic (exact) mass is 176 g/mol. The molecule has 0 aromatic rings. The highest BCUT2D eigenvalue weighted by atomic mass is 35.5. The summed E-state index contributed by atoms with van der Waals surface area (Å²) >= 11 is 5.41. The molecule has 0 unspecified atom stereocenters. The van der Waals surface area contributed by atoms with Crippen LogP contribution in [0.15, 0.2) is 0 Å². The molecule has 0 aromatic carbocycles. The lowest BCUT2D eigenvalue weighted by Gasteiger charge is -2.37. The minimum atomic E-state index is -0.341. The third-order valence-electron chi connectivity index (χ3n) is 2.03. The molecule has 3 nitrogen and oxygen atoms in total. The van der Waals surface area contributed by atoms with Crippen LogP contribution < -0.4 is 5.32 Å². The van der Waals surface area contributed by atoms with E-state index in [0.29, 0.717) is 0 Å². The van der Waals surface area contributed by atoms with Gasteiger partial charge in [0.2, 0.25) is 0 Å². The minimum Gasteiger partial charge on any atom is -0.321 e. The smallest absolute Gasteiger partial charge is 0.316 e. The first-order chi connectivity index (χ1) is 5.13. The Balaban J connectivity index is 2.62. The molecule has 0 spiro atoms. The van der Waals surface area contributed by atoms with Crippen molar-refractivity contribution in [1.29, 1.82) is 0 Å². The van der Waals surface area contributed by atoms with Gasteiger partial charge in [0.15, 0.2) is 0 Å². The minimum absolute atomic E-state index is 0.212. The molecule has 0 aliphatic carbocycles. The number of rotatable bonds is 0. The second kappa shape index (κ2) is 3.41. The van der Waals surface area contributed by atoms with Crippen molar-refractivity contribution in [2.45, 2.75) is 25.9 Å². The zero-order valence-corrected chi connectivity index (χ0v) is 7.56. The maximum absolute atomic E-state index is 10.9. The molecular weight excluding hydrogens is 164 g/mol. The van der Waals surface area contributed by atoms with E-state index in [0.717, 1.165) is 13.1 Å². The van der Waals surface area contributed by atoms with E-state index < -0.39 is 0 Å². The third-order valence-corrected chi connectivity index (χ3v) is 2.23. The van der Waals surface area contributed by atoms with E-state index in [1.54, 1.807) is 4.90 Å². The number of piperazine rings is 1. The number of nitrogens with one attached hydrogen (secondary N) is 1. The second-order valence-electron chi connectivity index (χ2n) is 3.02. The first-order valence-electron chi connectivity index (χ1n) is 3.81. The van der Waals surface area contributed by atoms with Crippen molar-refractivity contribution in [2.24, 2.45) is 0 Å². The third kappa shape index (κ3) is 1.84. The Kier molecular flexibility index (Phi) is 2.73. The first kappa shape index (κ1) is 8.81. The molecule has 1 heterocycles. The van der Waals surface area contributed by atoms with Crippen LogP contribution in [0.2, 0.25) is 0 Å². The molecule has 1 rings (SSSR count). The topological polar surface area (TPSA) is 32.3 Å². The summed E-state index contributed by atoms with van der Waals surface area (Å²) in [4.78, 5) is 12.6. The van der Waals surface area contributed by atoms with E-state index in [-0.39, 0.29) is 17.5 Å². The highest BCUT2D eigenvalue weighted by Gasteiger charge is 2.27. The molecule has 4 heteroatoms. The summed E-state index contributed by atoms with van der Waals surface area (Å²) in [6, 6.07) is 0.424. The molecule has 0 saturated carbocycles. The number of carbonyl (C=O) groups is 1. The van der Waals surface area contributed by atoms with Crippen molar-refractivity contribution in [2.75, 3.05) is 13.1 Å². The number of nitrogens with zero attached hydrogens (tertiary/aromatic N) is 1. The average Bonchev–Trinajstić information content (AvgIpc) is 1.85.